The van der Waals surface area contributed by atoms with E-state index >= 15 is 0 Å². The highest BCUT2D eigenvalue weighted by Gasteiger charge is 2.11. The Morgan fingerprint density at radius 1 is 0.893 bits per heavy atom. The summed E-state index contributed by atoms with van der Waals surface area (Å²) in [4.78, 5) is 12.3. The van der Waals surface area contributed by atoms with Gasteiger partial charge in [0.2, 0.25) is 6.54 Å². The lowest BCUT2D eigenvalue weighted by atomic mass is 10.1. The summed E-state index contributed by atoms with van der Waals surface area (Å²) in [6.07, 6.45) is 4.71. The minimum atomic E-state index is -0.119. The van der Waals surface area contributed by atoms with Crippen LogP contribution in [0.15, 0.2) is 73.1 Å². The van der Waals surface area contributed by atoms with Crippen molar-refractivity contribution in [3.8, 4) is 11.5 Å². The predicted octanol–water partition coefficient (Wildman–Crippen LogP) is 0.225. The molecule has 0 aliphatic heterocycles. The van der Waals surface area contributed by atoms with Crippen LogP contribution >= 0.6 is 0 Å². The molecule has 1 heterocycles. The Kier molecular flexibility index (Phi) is 7.84. The number of carbonyl (C=O) groups excluding carboxylic acids is 1. The molecule has 1 aromatic heterocycles. The number of ether oxygens (including phenoxy) is 2. The molecule has 5 nitrogen and oxygen atoms in total. The summed E-state index contributed by atoms with van der Waals surface area (Å²) >= 11 is 0. The molecule has 28 heavy (non-hydrogen) atoms. The van der Waals surface area contributed by atoms with Gasteiger partial charge in [0, 0.05) is 36.0 Å². The van der Waals surface area contributed by atoms with Crippen molar-refractivity contribution >= 4 is 11.6 Å². The number of rotatable bonds is 7. The highest BCUT2D eigenvalue weighted by Crippen LogP contribution is 2.25. The zero-order valence-corrected chi connectivity index (χ0v) is 16.6. The van der Waals surface area contributed by atoms with Crippen molar-refractivity contribution in [3.63, 3.8) is 0 Å². The topological polar surface area (TPSA) is 51.4 Å². The smallest absolute Gasteiger partial charge is 0.290 e. The van der Waals surface area contributed by atoms with Crippen LogP contribution in [0.25, 0.3) is 0 Å². The first-order chi connectivity index (χ1) is 13.2. The maximum absolute atomic E-state index is 12.3. The summed E-state index contributed by atoms with van der Waals surface area (Å²) in [5.74, 6) is 1.14. The summed E-state index contributed by atoms with van der Waals surface area (Å²) in [5.41, 5.74) is 3.10. The molecule has 0 unspecified atom stereocenters. The quantitative estimate of drug-likeness (QED) is 0.579. The number of halogens is 1. The van der Waals surface area contributed by atoms with Crippen molar-refractivity contribution < 1.29 is 31.2 Å². The molecule has 1 N–H and O–H groups in total. The van der Waals surface area contributed by atoms with Gasteiger partial charge >= 0.3 is 0 Å². The van der Waals surface area contributed by atoms with E-state index in [4.69, 9.17) is 9.47 Å². The van der Waals surface area contributed by atoms with Crippen molar-refractivity contribution in [2.75, 3.05) is 19.5 Å². The lowest BCUT2D eigenvalue weighted by molar-refractivity contribution is -0.684. The summed E-state index contributed by atoms with van der Waals surface area (Å²) < 4.78 is 12.3. The number of hydrogen-bond donors (Lipinski definition) is 1. The molecule has 1 amide bonds. The van der Waals surface area contributed by atoms with Gasteiger partial charge in [-0.3, -0.25) is 4.79 Å². The Labute approximate surface area is 171 Å². The number of hydrogen-bond acceptors (Lipinski definition) is 3. The standard InChI is InChI=1S/C22H22N2O3.ClH/c1-26-20-13-19(14-21(15-20)27-2)23-22(25)16-24-10-8-18(9-11-24)12-17-6-4-3-5-7-17;/h3-11,13-15H,12,16H2,1-2H3;1H. The Bertz CT molecular complexity index is 877. The first kappa shape index (κ1) is 21.3. The summed E-state index contributed by atoms with van der Waals surface area (Å²) in [6.45, 7) is 0.227. The van der Waals surface area contributed by atoms with Crippen LogP contribution in [0, 0.1) is 0 Å². The van der Waals surface area contributed by atoms with E-state index in [0.717, 1.165) is 6.42 Å². The minimum absolute atomic E-state index is 0. The van der Waals surface area contributed by atoms with Crippen LogP contribution in [0.3, 0.4) is 0 Å². The van der Waals surface area contributed by atoms with E-state index in [0.29, 0.717) is 17.2 Å². The van der Waals surface area contributed by atoms with Gasteiger partial charge < -0.3 is 27.2 Å². The van der Waals surface area contributed by atoms with Crippen LogP contribution < -0.4 is 31.8 Å². The maximum atomic E-state index is 12.3. The Morgan fingerprint density at radius 3 is 2.04 bits per heavy atom. The lowest BCUT2D eigenvalue weighted by Gasteiger charge is -2.09. The molecule has 0 radical (unpaired) electrons. The van der Waals surface area contributed by atoms with E-state index < -0.39 is 0 Å². The van der Waals surface area contributed by atoms with Crippen molar-refractivity contribution in [2.24, 2.45) is 0 Å². The number of anilines is 1. The minimum Gasteiger partial charge on any atom is -1.00 e. The third-order valence-corrected chi connectivity index (χ3v) is 4.17. The molecular formula is C22H23ClN2O3. The van der Waals surface area contributed by atoms with Gasteiger partial charge in [0.15, 0.2) is 12.4 Å². The van der Waals surface area contributed by atoms with Crippen LogP contribution in [-0.2, 0) is 17.8 Å². The van der Waals surface area contributed by atoms with Gasteiger partial charge in [0.25, 0.3) is 5.91 Å². The lowest BCUT2D eigenvalue weighted by Crippen LogP contribution is -3.00. The molecule has 0 fully saturated rings. The van der Waals surface area contributed by atoms with Crippen molar-refractivity contribution in [1.29, 1.82) is 0 Å². The van der Waals surface area contributed by atoms with E-state index in [2.05, 4.69) is 17.4 Å². The summed E-state index contributed by atoms with van der Waals surface area (Å²) in [6, 6.07) is 19.7. The van der Waals surface area contributed by atoms with Crippen LogP contribution in [0.5, 0.6) is 11.5 Å². The first-order valence-corrected chi connectivity index (χ1v) is 8.71. The monoisotopic (exact) mass is 398 g/mol. The highest BCUT2D eigenvalue weighted by molar-refractivity contribution is 5.90. The van der Waals surface area contributed by atoms with E-state index in [1.54, 1.807) is 32.4 Å². The van der Waals surface area contributed by atoms with Crippen molar-refractivity contribution in [2.45, 2.75) is 13.0 Å². The van der Waals surface area contributed by atoms with Crippen molar-refractivity contribution in [3.05, 3.63) is 84.2 Å². The zero-order valence-electron chi connectivity index (χ0n) is 15.9. The summed E-state index contributed by atoms with van der Waals surface area (Å²) in [5, 5.41) is 2.87. The fourth-order valence-corrected chi connectivity index (χ4v) is 2.79. The third kappa shape index (κ3) is 5.99. The number of aromatic nitrogens is 1. The molecule has 6 heteroatoms. The second-order valence-electron chi connectivity index (χ2n) is 6.19. The largest absolute Gasteiger partial charge is 1.00 e. The second kappa shape index (κ2) is 10.3. The molecule has 0 spiro atoms. The number of carbonyl (C=O) groups is 1. The molecular weight excluding hydrogens is 376 g/mol. The fourth-order valence-electron chi connectivity index (χ4n) is 2.79. The molecule has 0 bridgehead atoms. The Balaban J connectivity index is 0.00000280. The van der Waals surface area contributed by atoms with Crippen LogP contribution in [0.1, 0.15) is 11.1 Å². The number of nitrogens with one attached hydrogen (secondary N) is 1. The van der Waals surface area contributed by atoms with Crippen LogP contribution in [-0.4, -0.2) is 20.1 Å². The Hall–Kier alpha value is -3.05. The molecule has 3 rings (SSSR count). The van der Waals surface area contributed by atoms with Crippen LogP contribution in [0.4, 0.5) is 5.69 Å². The van der Waals surface area contributed by atoms with Crippen LogP contribution in [0.2, 0.25) is 0 Å². The molecule has 146 valence electrons. The van der Waals surface area contributed by atoms with Gasteiger partial charge in [-0.1, -0.05) is 30.3 Å². The van der Waals surface area contributed by atoms with E-state index in [-0.39, 0.29) is 24.9 Å². The van der Waals surface area contributed by atoms with Gasteiger partial charge in [-0.05, 0) is 17.5 Å². The first-order valence-electron chi connectivity index (χ1n) is 8.71. The van der Waals surface area contributed by atoms with E-state index in [9.17, 15) is 4.79 Å². The molecule has 0 atom stereocenters. The maximum Gasteiger partial charge on any atom is 0.290 e. The van der Waals surface area contributed by atoms with Crippen molar-refractivity contribution in [1.82, 2.24) is 0 Å². The van der Waals surface area contributed by atoms with Gasteiger partial charge in [0.1, 0.15) is 11.5 Å². The number of amides is 1. The van der Waals surface area contributed by atoms with Gasteiger partial charge in [0.05, 0.1) is 14.2 Å². The predicted molar refractivity (Wildman–Crippen MR) is 104 cm³/mol. The number of methoxy groups -OCH3 is 2. The fraction of sp³-hybridized carbons (Fsp3) is 0.182. The number of pyridine rings is 1. The van der Waals surface area contributed by atoms with Gasteiger partial charge in [-0.25, -0.2) is 0 Å². The molecule has 2 aromatic carbocycles. The molecule has 3 aromatic rings. The molecule has 0 saturated heterocycles. The Morgan fingerprint density at radius 2 is 1.46 bits per heavy atom. The molecule has 0 aliphatic carbocycles. The second-order valence-corrected chi connectivity index (χ2v) is 6.19. The highest BCUT2D eigenvalue weighted by atomic mass is 35.5. The average molecular weight is 399 g/mol. The normalized spacial score (nSPS) is 9.93. The van der Waals surface area contributed by atoms with Gasteiger partial charge in [-0.15, -0.1) is 0 Å². The average Bonchev–Trinajstić information content (AvgIpc) is 2.70. The molecule has 0 aliphatic rings. The van der Waals surface area contributed by atoms with E-state index in [1.165, 1.54) is 11.1 Å². The third-order valence-electron chi connectivity index (χ3n) is 4.17. The summed E-state index contributed by atoms with van der Waals surface area (Å²) in [7, 11) is 3.15. The zero-order chi connectivity index (χ0) is 19.1. The van der Waals surface area contributed by atoms with E-state index in [1.807, 2.05) is 47.3 Å². The number of benzene rings is 2. The SMILES string of the molecule is COc1cc(NC(=O)C[n+]2ccc(Cc3ccccc3)cc2)cc(OC)c1.[Cl-]. The van der Waals surface area contributed by atoms with Gasteiger partial charge in [-0.2, -0.15) is 4.57 Å². The number of nitrogens with zero attached hydrogens (tertiary/aromatic N) is 1. The molecule has 0 saturated carbocycles.